The van der Waals surface area contributed by atoms with Gasteiger partial charge in [-0.1, -0.05) is 48.5 Å². The predicted octanol–water partition coefficient (Wildman–Crippen LogP) is 2.08. The van der Waals surface area contributed by atoms with Crippen LogP contribution in [0.2, 0.25) is 0 Å². The summed E-state index contributed by atoms with van der Waals surface area (Å²) in [7, 11) is 7.63. The lowest BCUT2D eigenvalue weighted by Crippen LogP contribution is -1.99. The Hall–Kier alpha value is -2.03. The van der Waals surface area contributed by atoms with Crippen LogP contribution in [-0.2, 0) is 7.05 Å². The van der Waals surface area contributed by atoms with Crippen LogP contribution in [0.1, 0.15) is 5.82 Å². The quantitative estimate of drug-likeness (QED) is 0.572. The first kappa shape index (κ1) is 11.5. The summed E-state index contributed by atoms with van der Waals surface area (Å²) in [6.07, 6.45) is 7.52. The van der Waals surface area contributed by atoms with Crippen LogP contribution in [0, 0.1) is 0 Å². The number of allylic oxidation sites excluding steroid dienone is 2. The maximum absolute atomic E-state index is 5.66. The van der Waals surface area contributed by atoms with Crippen molar-refractivity contribution in [1.82, 2.24) is 9.55 Å². The van der Waals surface area contributed by atoms with E-state index in [1.165, 1.54) is 0 Å². The van der Waals surface area contributed by atoms with Gasteiger partial charge in [-0.3, -0.25) is 0 Å². The third-order valence-electron chi connectivity index (χ3n) is 2.50. The van der Waals surface area contributed by atoms with Gasteiger partial charge in [0.15, 0.2) is 0 Å². The molecule has 1 heterocycles. The summed E-state index contributed by atoms with van der Waals surface area (Å²) in [4.78, 5) is 4.53. The molecule has 0 aliphatic carbocycles. The van der Waals surface area contributed by atoms with E-state index in [-0.39, 0.29) is 0 Å². The summed E-state index contributed by atoms with van der Waals surface area (Å²) in [5.41, 5.74) is 2.76. The third kappa shape index (κ3) is 2.56. The van der Waals surface area contributed by atoms with E-state index >= 15 is 0 Å². The normalized spacial score (nSPS) is 10.9. The highest BCUT2D eigenvalue weighted by Gasteiger charge is 2.04. The van der Waals surface area contributed by atoms with E-state index in [0.29, 0.717) is 0 Å². The zero-order valence-corrected chi connectivity index (χ0v) is 9.80. The molecule has 0 aliphatic heterocycles. The van der Waals surface area contributed by atoms with Crippen molar-refractivity contribution in [2.24, 2.45) is 7.05 Å². The van der Waals surface area contributed by atoms with E-state index in [4.69, 9.17) is 7.85 Å². The first-order valence-electron chi connectivity index (χ1n) is 5.39. The first-order valence-corrected chi connectivity index (χ1v) is 5.39. The van der Waals surface area contributed by atoms with Gasteiger partial charge in [-0.2, -0.15) is 0 Å². The molecule has 17 heavy (non-hydrogen) atoms. The third-order valence-corrected chi connectivity index (χ3v) is 2.50. The van der Waals surface area contributed by atoms with Gasteiger partial charge in [0, 0.05) is 18.8 Å². The van der Waals surface area contributed by atoms with Crippen LogP contribution in [0.15, 0.2) is 49.2 Å². The first-order chi connectivity index (χ1) is 8.20. The maximum atomic E-state index is 5.66. The summed E-state index contributed by atoms with van der Waals surface area (Å²) in [6.45, 7) is 3.64. The summed E-state index contributed by atoms with van der Waals surface area (Å²) in [5.74, 6) is 0.900. The second-order valence-corrected chi connectivity index (χ2v) is 3.81. The Morgan fingerprint density at radius 1 is 1.29 bits per heavy atom. The van der Waals surface area contributed by atoms with Crippen molar-refractivity contribution >= 4 is 19.4 Å². The molecular weight excluding hydrogens is 207 g/mol. The Morgan fingerprint density at radius 3 is 2.65 bits per heavy atom. The highest BCUT2D eigenvalue weighted by molar-refractivity contribution is 6.32. The molecule has 0 bridgehead atoms. The van der Waals surface area contributed by atoms with Crippen molar-refractivity contribution in [2.75, 3.05) is 0 Å². The Balaban J connectivity index is 2.37. The number of hydrogen-bond donors (Lipinski definition) is 0. The van der Waals surface area contributed by atoms with Crippen LogP contribution in [0.25, 0.3) is 17.3 Å². The highest BCUT2D eigenvalue weighted by Crippen LogP contribution is 2.17. The number of imidazole rings is 1. The Labute approximate surface area is 103 Å². The van der Waals surface area contributed by atoms with E-state index in [1.54, 1.807) is 6.08 Å². The minimum atomic E-state index is 0.761. The average Bonchev–Trinajstić information content (AvgIpc) is 2.69. The molecule has 2 radical (unpaired) electrons. The van der Waals surface area contributed by atoms with Gasteiger partial charge in [-0.15, -0.1) is 0 Å². The van der Waals surface area contributed by atoms with Crippen LogP contribution in [-0.4, -0.2) is 17.4 Å². The lowest BCUT2D eigenvalue weighted by molar-refractivity contribution is 0.897. The van der Waals surface area contributed by atoms with E-state index in [1.807, 2.05) is 54.2 Å². The molecule has 0 spiro atoms. The molecule has 0 unspecified atom stereocenters. The van der Waals surface area contributed by atoms with Gasteiger partial charge < -0.3 is 4.57 Å². The molecular formula is C14H13BN2. The smallest absolute Gasteiger partial charge is 0.133 e. The van der Waals surface area contributed by atoms with Crippen molar-refractivity contribution in [1.29, 1.82) is 0 Å². The number of aryl methyl sites for hydroxylation is 1. The summed E-state index contributed by atoms with van der Waals surface area (Å²) in [5, 5.41) is 0. The molecule has 1 aromatic carbocycles. The number of rotatable bonds is 3. The van der Waals surface area contributed by atoms with Crippen molar-refractivity contribution in [3.63, 3.8) is 0 Å². The number of aromatic nitrogens is 2. The van der Waals surface area contributed by atoms with Gasteiger partial charge in [0.2, 0.25) is 0 Å². The van der Waals surface area contributed by atoms with E-state index < -0.39 is 0 Å². The highest BCUT2D eigenvalue weighted by atomic mass is 15.0. The van der Waals surface area contributed by atoms with Crippen LogP contribution in [0.3, 0.4) is 0 Å². The number of nitrogens with zero attached hydrogens (tertiary/aromatic N) is 2. The molecule has 2 rings (SSSR count). The van der Waals surface area contributed by atoms with Gasteiger partial charge >= 0.3 is 0 Å². The fourth-order valence-corrected chi connectivity index (χ4v) is 1.58. The van der Waals surface area contributed by atoms with Gasteiger partial charge in [-0.05, 0) is 6.08 Å². The molecule has 0 saturated heterocycles. The van der Waals surface area contributed by atoms with E-state index in [0.717, 1.165) is 22.5 Å². The molecule has 3 heteroatoms. The predicted molar refractivity (Wildman–Crippen MR) is 73.3 cm³/mol. The van der Waals surface area contributed by atoms with Crippen LogP contribution < -0.4 is 5.46 Å². The Bertz CT molecular complexity index is 550. The Kier molecular flexibility index (Phi) is 3.28. The monoisotopic (exact) mass is 220 g/mol. The summed E-state index contributed by atoms with van der Waals surface area (Å²) in [6, 6.07) is 7.70. The van der Waals surface area contributed by atoms with Crippen molar-refractivity contribution in [3.05, 3.63) is 55.0 Å². The second-order valence-electron chi connectivity index (χ2n) is 3.81. The SMILES string of the molecule is [B]c1ccc(-c2cn(C)c(/C=C\C=C)n2)cc1. The molecule has 1 aromatic heterocycles. The molecule has 82 valence electrons. The molecule has 0 fully saturated rings. The molecule has 0 atom stereocenters. The standard InChI is InChI=1S/C14H13BN2/c1-3-4-5-14-16-13(10-17(14)2)11-6-8-12(15)9-7-11/h3-10H,1H2,2H3/b5-4-. The zero-order chi connectivity index (χ0) is 12.3. The lowest BCUT2D eigenvalue weighted by Gasteiger charge is -1.96. The average molecular weight is 220 g/mol. The largest absolute Gasteiger partial charge is 0.334 e. The summed E-state index contributed by atoms with van der Waals surface area (Å²) < 4.78 is 1.98. The fourth-order valence-electron chi connectivity index (χ4n) is 1.58. The Morgan fingerprint density at radius 2 is 2.00 bits per heavy atom. The van der Waals surface area contributed by atoms with E-state index in [9.17, 15) is 0 Å². The van der Waals surface area contributed by atoms with Gasteiger partial charge in [0.25, 0.3) is 0 Å². The van der Waals surface area contributed by atoms with Crippen LogP contribution >= 0.6 is 0 Å². The molecule has 2 nitrogen and oxygen atoms in total. The van der Waals surface area contributed by atoms with E-state index in [2.05, 4.69) is 11.6 Å². The van der Waals surface area contributed by atoms with Gasteiger partial charge in [0.05, 0.1) is 5.69 Å². The lowest BCUT2D eigenvalue weighted by atomic mass is 9.95. The van der Waals surface area contributed by atoms with Crippen molar-refractivity contribution < 1.29 is 0 Å². The van der Waals surface area contributed by atoms with Crippen molar-refractivity contribution in [3.8, 4) is 11.3 Å². The zero-order valence-electron chi connectivity index (χ0n) is 9.80. The van der Waals surface area contributed by atoms with Crippen LogP contribution in [0.5, 0.6) is 0 Å². The molecule has 0 amide bonds. The molecule has 0 saturated carbocycles. The van der Waals surface area contributed by atoms with Gasteiger partial charge in [-0.25, -0.2) is 4.98 Å². The maximum Gasteiger partial charge on any atom is 0.133 e. The minimum absolute atomic E-state index is 0.761. The summed E-state index contributed by atoms with van der Waals surface area (Å²) >= 11 is 0. The topological polar surface area (TPSA) is 17.8 Å². The second kappa shape index (κ2) is 4.87. The molecule has 0 N–H and O–H groups in total. The van der Waals surface area contributed by atoms with Gasteiger partial charge in [0.1, 0.15) is 13.7 Å². The molecule has 2 aromatic rings. The number of hydrogen-bond acceptors (Lipinski definition) is 1. The van der Waals surface area contributed by atoms with Crippen LogP contribution in [0.4, 0.5) is 0 Å². The number of benzene rings is 1. The molecule has 0 aliphatic rings. The van der Waals surface area contributed by atoms with Crippen molar-refractivity contribution in [2.45, 2.75) is 0 Å². The fraction of sp³-hybridized carbons (Fsp3) is 0.0714. The minimum Gasteiger partial charge on any atom is -0.334 e.